The monoisotopic (exact) mass is 264 g/mol. The van der Waals surface area contributed by atoms with Gasteiger partial charge in [0.05, 0.1) is 4.92 Å². The highest BCUT2D eigenvalue weighted by atomic mass is 35.5. The van der Waals surface area contributed by atoms with E-state index in [9.17, 15) is 10.1 Å². The Hall–Kier alpha value is -2.16. The lowest BCUT2D eigenvalue weighted by molar-refractivity contribution is -0.419. The summed E-state index contributed by atoms with van der Waals surface area (Å²) >= 11 is 5.62. The van der Waals surface area contributed by atoms with E-state index in [0.29, 0.717) is 11.3 Å². The second-order valence-corrected chi connectivity index (χ2v) is 3.77. The zero-order chi connectivity index (χ0) is 13.5. The van der Waals surface area contributed by atoms with Crippen LogP contribution in [-0.4, -0.2) is 10.0 Å². The predicted molar refractivity (Wildman–Crippen MR) is 69.6 cm³/mol. The van der Waals surface area contributed by atoms with Gasteiger partial charge in [0.25, 0.3) is 0 Å². The third kappa shape index (κ3) is 4.01. The van der Waals surface area contributed by atoms with Gasteiger partial charge >= 0.3 is 5.70 Å². The highest BCUT2D eigenvalue weighted by Gasteiger charge is 2.26. The standard InChI is InChI=1S/C7H5ClNO2.C6H6O/c1-5-3-2-4-6(7(5)8)9(10)11;7-6-4-2-1-3-5-6/h2,4H,1H3;1-5,7H/q+1;. The van der Waals surface area contributed by atoms with E-state index >= 15 is 0 Å². The van der Waals surface area contributed by atoms with Crippen molar-refractivity contribution >= 4 is 11.6 Å². The molecule has 0 saturated heterocycles. The number of nitro groups is 1. The van der Waals surface area contributed by atoms with Crippen molar-refractivity contribution in [1.82, 2.24) is 0 Å². The number of phenolic OH excluding ortho intramolecular Hbond substituents is 1. The summed E-state index contributed by atoms with van der Waals surface area (Å²) in [6, 6.07) is 8.71. The van der Waals surface area contributed by atoms with Crippen LogP contribution in [0.3, 0.4) is 0 Å². The molecular weight excluding hydrogens is 254 g/mol. The summed E-state index contributed by atoms with van der Waals surface area (Å²) in [6.45, 7) is 1.68. The van der Waals surface area contributed by atoms with Gasteiger partial charge in [-0.05, 0) is 19.1 Å². The van der Waals surface area contributed by atoms with Crippen molar-refractivity contribution in [1.29, 1.82) is 0 Å². The van der Waals surface area contributed by atoms with Gasteiger partial charge in [-0.25, -0.2) is 0 Å². The number of benzene rings is 1. The number of hydrogen-bond donors (Lipinski definition) is 1. The fourth-order valence-corrected chi connectivity index (χ4v) is 1.33. The zero-order valence-corrected chi connectivity index (χ0v) is 10.4. The number of phenols is 1. The Bertz CT molecular complexity index is 518. The molecule has 0 spiro atoms. The van der Waals surface area contributed by atoms with Crippen molar-refractivity contribution in [3.63, 3.8) is 0 Å². The van der Waals surface area contributed by atoms with Gasteiger partial charge in [0.15, 0.2) is 0 Å². The van der Waals surface area contributed by atoms with Gasteiger partial charge in [0.1, 0.15) is 23.5 Å². The van der Waals surface area contributed by atoms with Crippen molar-refractivity contribution in [2.45, 2.75) is 6.92 Å². The molecule has 0 radical (unpaired) electrons. The number of nitrogens with zero attached hydrogens (tertiary/aromatic N) is 1. The van der Waals surface area contributed by atoms with Crippen LogP contribution in [0.2, 0.25) is 0 Å². The van der Waals surface area contributed by atoms with Gasteiger partial charge in [0, 0.05) is 17.7 Å². The molecular formula is C13H11ClNO3+. The molecule has 4 nitrogen and oxygen atoms in total. The molecule has 0 amide bonds. The second kappa shape index (κ2) is 6.55. The van der Waals surface area contributed by atoms with Crippen molar-refractivity contribution < 1.29 is 10.0 Å². The van der Waals surface area contributed by atoms with Crippen LogP contribution in [-0.2, 0) is 0 Å². The average Bonchev–Trinajstić information content (AvgIpc) is 2.34. The highest BCUT2D eigenvalue weighted by molar-refractivity contribution is 6.32. The van der Waals surface area contributed by atoms with Crippen LogP contribution in [0.4, 0.5) is 0 Å². The highest BCUT2D eigenvalue weighted by Crippen LogP contribution is 2.23. The van der Waals surface area contributed by atoms with Crippen molar-refractivity contribution in [2.24, 2.45) is 0 Å². The van der Waals surface area contributed by atoms with Gasteiger partial charge in [-0.2, -0.15) is 0 Å². The SMILES string of the molecule is CC1=[C+]C=CC([N+](=O)[O-])=C1Cl.Oc1ccccc1. The van der Waals surface area contributed by atoms with E-state index in [-0.39, 0.29) is 10.7 Å². The summed E-state index contributed by atoms with van der Waals surface area (Å²) in [5.74, 6) is 0.322. The molecule has 0 bridgehead atoms. The van der Waals surface area contributed by atoms with Gasteiger partial charge in [-0.15, -0.1) is 0 Å². The van der Waals surface area contributed by atoms with Crippen LogP contribution in [0, 0.1) is 16.2 Å². The minimum Gasteiger partial charge on any atom is -0.508 e. The minimum atomic E-state index is -0.511. The summed E-state index contributed by atoms with van der Waals surface area (Å²) in [5, 5.41) is 19.1. The largest absolute Gasteiger partial charge is 0.508 e. The molecule has 18 heavy (non-hydrogen) atoms. The Morgan fingerprint density at radius 3 is 2.33 bits per heavy atom. The van der Waals surface area contributed by atoms with Gasteiger partial charge in [0.2, 0.25) is 5.03 Å². The third-order valence-electron chi connectivity index (χ3n) is 2.05. The van der Waals surface area contributed by atoms with E-state index in [1.165, 1.54) is 12.2 Å². The van der Waals surface area contributed by atoms with Crippen LogP contribution in [0.1, 0.15) is 6.92 Å². The molecule has 2 rings (SSSR count). The lowest BCUT2D eigenvalue weighted by Crippen LogP contribution is -2.00. The normalized spacial score (nSPS) is 13.1. The zero-order valence-electron chi connectivity index (χ0n) is 9.63. The molecule has 0 fully saturated rings. The third-order valence-corrected chi connectivity index (χ3v) is 2.53. The molecule has 0 unspecified atom stereocenters. The first kappa shape index (κ1) is 13.9. The summed E-state index contributed by atoms with van der Waals surface area (Å²) in [5.41, 5.74) is 0.531. The molecule has 92 valence electrons. The molecule has 0 saturated carbocycles. The molecule has 0 atom stereocenters. The summed E-state index contributed by atoms with van der Waals surface area (Å²) in [4.78, 5) is 9.77. The number of para-hydroxylation sites is 1. The first-order valence-corrected chi connectivity index (χ1v) is 5.45. The lowest BCUT2D eigenvalue weighted by atomic mass is 10.1. The quantitative estimate of drug-likeness (QED) is 0.480. The fraction of sp³-hybridized carbons (Fsp3) is 0.0769. The Morgan fingerprint density at radius 2 is 1.94 bits per heavy atom. The topological polar surface area (TPSA) is 63.4 Å². The van der Waals surface area contributed by atoms with E-state index in [2.05, 4.69) is 6.08 Å². The first-order chi connectivity index (χ1) is 8.52. The fourth-order valence-electron chi connectivity index (χ4n) is 1.14. The minimum absolute atomic E-state index is 0.0667. The Morgan fingerprint density at radius 1 is 1.33 bits per heavy atom. The Labute approximate surface area is 110 Å². The number of allylic oxidation sites excluding steroid dienone is 5. The Kier molecular flexibility index (Phi) is 5.06. The van der Waals surface area contributed by atoms with Crippen LogP contribution < -0.4 is 0 Å². The van der Waals surface area contributed by atoms with E-state index in [0.717, 1.165) is 0 Å². The van der Waals surface area contributed by atoms with Gasteiger partial charge in [-0.1, -0.05) is 18.2 Å². The summed E-state index contributed by atoms with van der Waals surface area (Å²) in [6.07, 6.45) is 5.57. The smallest absolute Gasteiger partial charge is 0.393 e. The molecule has 1 aliphatic rings. The molecule has 0 heterocycles. The number of halogens is 1. The maximum Gasteiger partial charge on any atom is 0.393 e. The molecule has 1 N–H and O–H groups in total. The van der Waals surface area contributed by atoms with Crippen LogP contribution in [0.25, 0.3) is 0 Å². The number of rotatable bonds is 1. The maximum atomic E-state index is 10.3. The first-order valence-electron chi connectivity index (χ1n) is 5.07. The van der Waals surface area contributed by atoms with E-state index in [1.54, 1.807) is 31.2 Å². The Balaban J connectivity index is 0.000000199. The molecule has 0 aliphatic heterocycles. The molecule has 0 aromatic heterocycles. The molecule has 1 aromatic rings. The predicted octanol–water partition coefficient (Wildman–Crippen LogP) is 3.42. The van der Waals surface area contributed by atoms with Gasteiger partial charge < -0.3 is 5.11 Å². The molecule has 1 aromatic carbocycles. The van der Waals surface area contributed by atoms with Crippen LogP contribution in [0.5, 0.6) is 5.75 Å². The average molecular weight is 265 g/mol. The summed E-state index contributed by atoms with van der Waals surface area (Å²) < 4.78 is 0. The van der Waals surface area contributed by atoms with Gasteiger partial charge in [-0.3, -0.25) is 10.1 Å². The molecule has 1 aliphatic carbocycles. The maximum absolute atomic E-state index is 10.3. The lowest BCUT2D eigenvalue weighted by Gasteiger charge is -1.91. The van der Waals surface area contributed by atoms with Crippen LogP contribution in [0.15, 0.2) is 58.8 Å². The number of aromatic hydroxyl groups is 1. The van der Waals surface area contributed by atoms with E-state index < -0.39 is 4.92 Å². The molecule has 5 heteroatoms. The summed E-state index contributed by atoms with van der Waals surface area (Å²) in [7, 11) is 0. The van der Waals surface area contributed by atoms with E-state index in [4.69, 9.17) is 16.7 Å². The second-order valence-electron chi connectivity index (χ2n) is 3.39. The van der Waals surface area contributed by atoms with E-state index in [1.807, 2.05) is 6.07 Å². The number of hydrogen-bond acceptors (Lipinski definition) is 3. The van der Waals surface area contributed by atoms with Crippen LogP contribution >= 0.6 is 11.6 Å². The van der Waals surface area contributed by atoms with Crippen molar-refractivity contribution in [2.75, 3.05) is 0 Å². The van der Waals surface area contributed by atoms with Crippen molar-refractivity contribution in [3.8, 4) is 5.75 Å². The van der Waals surface area contributed by atoms with Crippen molar-refractivity contribution in [3.05, 3.63) is 75.0 Å².